The lowest BCUT2D eigenvalue weighted by Gasteiger charge is -2.15. The molecule has 0 saturated heterocycles. The highest BCUT2D eigenvalue weighted by Crippen LogP contribution is 2.16. The van der Waals surface area contributed by atoms with Gasteiger partial charge >= 0.3 is 6.61 Å². The third-order valence-electron chi connectivity index (χ3n) is 3.23. The Hall–Kier alpha value is -2.73. The third kappa shape index (κ3) is 5.48. The molecule has 2 aromatic carbocycles. The molecule has 6 heteroatoms. The molecule has 0 bridgehead atoms. The summed E-state index contributed by atoms with van der Waals surface area (Å²) >= 11 is 0. The molecule has 0 fully saturated rings. The molecule has 0 aliphatic rings. The summed E-state index contributed by atoms with van der Waals surface area (Å²) in [4.78, 5) is 11.9. The fourth-order valence-corrected chi connectivity index (χ4v) is 2.07. The quantitative estimate of drug-likeness (QED) is 0.765. The molecule has 0 heterocycles. The van der Waals surface area contributed by atoms with Crippen LogP contribution >= 0.6 is 0 Å². The zero-order chi connectivity index (χ0) is 17.4. The smallest absolute Gasteiger partial charge is 0.387 e. The molecule has 1 atom stereocenters. The van der Waals surface area contributed by atoms with Crippen LogP contribution in [0.1, 0.15) is 17.2 Å². The molecule has 1 unspecified atom stereocenters. The Labute approximate surface area is 138 Å². The van der Waals surface area contributed by atoms with Crippen LogP contribution in [-0.2, 0) is 4.79 Å². The first-order chi connectivity index (χ1) is 11.6. The summed E-state index contributed by atoms with van der Waals surface area (Å²) in [6, 6.07) is 14.5. The Bertz CT molecular complexity index is 672. The fraction of sp³-hybridized carbons (Fsp3) is 0.167. The monoisotopic (exact) mass is 333 g/mol. The molecule has 2 N–H and O–H groups in total. The predicted molar refractivity (Wildman–Crippen MR) is 86.5 cm³/mol. The minimum atomic E-state index is -2.87. The maximum Gasteiger partial charge on any atom is 0.387 e. The minimum Gasteiger partial charge on any atom is -0.435 e. The van der Waals surface area contributed by atoms with E-state index in [9.17, 15) is 18.7 Å². The molecule has 0 spiro atoms. The second kappa shape index (κ2) is 8.79. The van der Waals surface area contributed by atoms with Gasteiger partial charge in [-0.1, -0.05) is 42.5 Å². The first-order valence-corrected chi connectivity index (χ1v) is 7.27. The van der Waals surface area contributed by atoms with Crippen LogP contribution in [0.2, 0.25) is 0 Å². The van der Waals surface area contributed by atoms with Crippen LogP contribution in [0, 0.1) is 0 Å². The average molecular weight is 333 g/mol. The number of alkyl halides is 2. The molecular weight excluding hydrogens is 316 g/mol. The van der Waals surface area contributed by atoms with Crippen molar-refractivity contribution in [1.29, 1.82) is 0 Å². The molecule has 2 rings (SSSR count). The number of halogens is 2. The van der Waals surface area contributed by atoms with Crippen molar-refractivity contribution in [2.45, 2.75) is 12.7 Å². The van der Waals surface area contributed by atoms with Gasteiger partial charge in [-0.05, 0) is 29.3 Å². The normalized spacial score (nSPS) is 12.3. The molecule has 0 aliphatic heterocycles. The molecular formula is C18H17F2NO3. The highest BCUT2D eigenvalue weighted by molar-refractivity contribution is 5.92. The fourth-order valence-electron chi connectivity index (χ4n) is 2.07. The summed E-state index contributed by atoms with van der Waals surface area (Å²) in [6.45, 7) is -3.09. The molecule has 0 radical (unpaired) electrons. The van der Waals surface area contributed by atoms with Gasteiger partial charge in [0.05, 0.1) is 12.6 Å². The van der Waals surface area contributed by atoms with Gasteiger partial charge < -0.3 is 15.2 Å². The number of amides is 1. The van der Waals surface area contributed by atoms with Gasteiger partial charge in [-0.3, -0.25) is 4.79 Å². The van der Waals surface area contributed by atoms with Gasteiger partial charge in [0.25, 0.3) is 0 Å². The number of carbonyl (C=O) groups excluding carboxylic acids is 1. The van der Waals surface area contributed by atoms with Crippen LogP contribution in [0.4, 0.5) is 8.78 Å². The number of benzene rings is 2. The first kappa shape index (κ1) is 17.6. The van der Waals surface area contributed by atoms with Crippen molar-refractivity contribution in [3.63, 3.8) is 0 Å². The van der Waals surface area contributed by atoms with Crippen molar-refractivity contribution >= 4 is 12.0 Å². The number of hydrogen-bond acceptors (Lipinski definition) is 3. The van der Waals surface area contributed by atoms with E-state index in [1.54, 1.807) is 18.2 Å². The molecule has 0 aliphatic carbocycles. The molecule has 4 nitrogen and oxygen atoms in total. The lowest BCUT2D eigenvalue weighted by Crippen LogP contribution is -2.29. The molecule has 24 heavy (non-hydrogen) atoms. The summed E-state index contributed by atoms with van der Waals surface area (Å²) in [5, 5.41) is 12.1. The number of ether oxygens (including phenoxy) is 1. The Morgan fingerprint density at radius 1 is 1.12 bits per heavy atom. The van der Waals surface area contributed by atoms with E-state index in [0.29, 0.717) is 5.56 Å². The SMILES string of the molecule is O=C(/C=C/c1ccc(OC(F)F)cc1)NC(CO)c1ccccc1. The summed E-state index contributed by atoms with van der Waals surface area (Å²) in [5.74, 6) is -0.318. The van der Waals surface area contributed by atoms with Crippen LogP contribution < -0.4 is 10.1 Å². The van der Waals surface area contributed by atoms with E-state index in [-0.39, 0.29) is 18.3 Å². The van der Waals surface area contributed by atoms with E-state index in [1.807, 2.05) is 30.3 Å². The van der Waals surface area contributed by atoms with Gasteiger partial charge in [0.15, 0.2) is 0 Å². The summed E-state index contributed by atoms with van der Waals surface area (Å²) in [6.07, 6.45) is 2.86. The van der Waals surface area contributed by atoms with Crippen molar-refractivity contribution in [1.82, 2.24) is 5.32 Å². The maximum absolute atomic E-state index is 12.1. The predicted octanol–water partition coefficient (Wildman–Crippen LogP) is 3.15. The lowest BCUT2D eigenvalue weighted by atomic mass is 10.1. The zero-order valence-corrected chi connectivity index (χ0v) is 12.7. The first-order valence-electron chi connectivity index (χ1n) is 7.27. The summed E-state index contributed by atoms with van der Waals surface area (Å²) < 4.78 is 28.4. The van der Waals surface area contributed by atoms with E-state index in [4.69, 9.17) is 0 Å². The van der Waals surface area contributed by atoms with Crippen molar-refractivity contribution in [2.75, 3.05) is 6.61 Å². The average Bonchev–Trinajstić information content (AvgIpc) is 2.59. The number of aliphatic hydroxyl groups is 1. The van der Waals surface area contributed by atoms with Crippen molar-refractivity contribution < 1.29 is 23.4 Å². The van der Waals surface area contributed by atoms with Crippen LogP contribution in [0.3, 0.4) is 0 Å². The molecule has 126 valence electrons. The summed E-state index contributed by atoms with van der Waals surface area (Å²) in [5.41, 5.74) is 1.46. The highest BCUT2D eigenvalue weighted by atomic mass is 19.3. The Morgan fingerprint density at radius 3 is 2.38 bits per heavy atom. The van der Waals surface area contributed by atoms with Gasteiger partial charge in [0.1, 0.15) is 5.75 Å². The third-order valence-corrected chi connectivity index (χ3v) is 3.23. The molecule has 0 saturated carbocycles. The Morgan fingerprint density at radius 2 is 1.79 bits per heavy atom. The van der Waals surface area contributed by atoms with Gasteiger partial charge in [-0.15, -0.1) is 0 Å². The van der Waals surface area contributed by atoms with Gasteiger partial charge in [-0.2, -0.15) is 8.78 Å². The molecule has 1 amide bonds. The highest BCUT2D eigenvalue weighted by Gasteiger charge is 2.11. The van der Waals surface area contributed by atoms with E-state index in [0.717, 1.165) is 5.56 Å². The van der Waals surface area contributed by atoms with Crippen molar-refractivity contribution in [2.24, 2.45) is 0 Å². The zero-order valence-electron chi connectivity index (χ0n) is 12.7. The number of hydrogen-bond donors (Lipinski definition) is 2. The molecule has 0 aromatic heterocycles. The van der Waals surface area contributed by atoms with Crippen LogP contribution in [0.15, 0.2) is 60.7 Å². The number of aliphatic hydroxyl groups excluding tert-OH is 1. The van der Waals surface area contributed by atoms with Gasteiger partial charge in [-0.25, -0.2) is 0 Å². The second-order valence-electron chi connectivity index (χ2n) is 4.94. The maximum atomic E-state index is 12.1. The van der Waals surface area contributed by atoms with Crippen molar-refractivity contribution in [3.8, 4) is 5.75 Å². The molecule has 2 aromatic rings. The van der Waals surface area contributed by atoms with E-state index in [1.165, 1.54) is 18.2 Å². The Kier molecular flexibility index (Phi) is 6.45. The minimum absolute atomic E-state index is 0.0519. The topological polar surface area (TPSA) is 58.6 Å². The number of carbonyl (C=O) groups is 1. The number of rotatable bonds is 7. The number of nitrogens with one attached hydrogen (secondary N) is 1. The van der Waals surface area contributed by atoms with E-state index < -0.39 is 12.7 Å². The lowest BCUT2D eigenvalue weighted by molar-refractivity contribution is -0.117. The Balaban J connectivity index is 1.94. The van der Waals surface area contributed by atoms with E-state index in [2.05, 4.69) is 10.1 Å². The van der Waals surface area contributed by atoms with E-state index >= 15 is 0 Å². The van der Waals surface area contributed by atoms with Gasteiger partial charge in [0.2, 0.25) is 5.91 Å². The van der Waals surface area contributed by atoms with Crippen LogP contribution in [-0.4, -0.2) is 24.2 Å². The van der Waals surface area contributed by atoms with Crippen molar-refractivity contribution in [3.05, 3.63) is 71.8 Å². The summed E-state index contributed by atoms with van der Waals surface area (Å²) in [7, 11) is 0. The van der Waals surface area contributed by atoms with Crippen LogP contribution in [0.5, 0.6) is 5.75 Å². The second-order valence-corrected chi connectivity index (χ2v) is 4.94. The van der Waals surface area contributed by atoms with Gasteiger partial charge in [0, 0.05) is 6.08 Å². The largest absolute Gasteiger partial charge is 0.435 e. The van der Waals surface area contributed by atoms with Crippen LogP contribution in [0.25, 0.3) is 6.08 Å². The standard InChI is InChI=1S/C18H17F2NO3/c19-18(20)24-15-9-6-13(7-10-15)8-11-17(23)21-16(12-22)14-4-2-1-3-5-14/h1-11,16,18,22H,12H2,(H,21,23)/b11-8+.